The maximum absolute atomic E-state index is 9.16. The SMILES string of the molecule is Cn1c2ccc(Br)cc2c(=Nc2ccc(CCO)cc2)c2c3ccccc3[nH]c21. The molecular formula is C24H20BrN3O. The number of aromatic nitrogens is 2. The number of hydrogen-bond donors (Lipinski definition) is 2. The Balaban J connectivity index is 1.92. The molecular weight excluding hydrogens is 426 g/mol. The highest BCUT2D eigenvalue weighted by molar-refractivity contribution is 9.10. The molecule has 0 saturated heterocycles. The first kappa shape index (κ1) is 18.2. The van der Waals surface area contributed by atoms with Gasteiger partial charge in [0.2, 0.25) is 0 Å². The Bertz CT molecular complexity index is 1430. The van der Waals surface area contributed by atoms with E-state index < -0.39 is 0 Å². The Kier molecular flexibility index (Phi) is 4.49. The van der Waals surface area contributed by atoms with E-state index >= 15 is 0 Å². The van der Waals surface area contributed by atoms with Crippen molar-refractivity contribution in [2.45, 2.75) is 6.42 Å². The Morgan fingerprint density at radius 1 is 1.00 bits per heavy atom. The fourth-order valence-electron chi connectivity index (χ4n) is 3.98. The molecule has 2 heterocycles. The molecule has 0 spiro atoms. The van der Waals surface area contributed by atoms with Gasteiger partial charge in [0.1, 0.15) is 5.65 Å². The number of halogens is 1. The fourth-order valence-corrected chi connectivity index (χ4v) is 4.34. The number of nitrogens with one attached hydrogen (secondary N) is 1. The first-order valence-corrected chi connectivity index (χ1v) is 10.4. The van der Waals surface area contributed by atoms with Crippen LogP contribution in [0.25, 0.3) is 32.8 Å². The molecule has 0 aliphatic carbocycles. The van der Waals surface area contributed by atoms with Gasteiger partial charge in [-0.15, -0.1) is 0 Å². The van der Waals surface area contributed by atoms with Crippen LogP contribution in [-0.2, 0) is 13.5 Å². The number of rotatable bonds is 3. The molecule has 0 atom stereocenters. The van der Waals surface area contributed by atoms with Gasteiger partial charge in [0.25, 0.3) is 0 Å². The molecule has 0 radical (unpaired) electrons. The summed E-state index contributed by atoms with van der Waals surface area (Å²) in [5.41, 5.74) is 5.27. The molecule has 2 aromatic heterocycles. The third kappa shape index (κ3) is 3.07. The topological polar surface area (TPSA) is 53.3 Å². The lowest BCUT2D eigenvalue weighted by Crippen LogP contribution is -2.10. The average molecular weight is 446 g/mol. The lowest BCUT2D eigenvalue weighted by molar-refractivity contribution is 0.299. The number of para-hydroxylation sites is 1. The van der Waals surface area contributed by atoms with E-state index in [4.69, 9.17) is 10.1 Å². The molecule has 0 fully saturated rings. The van der Waals surface area contributed by atoms with Crippen LogP contribution in [0.5, 0.6) is 0 Å². The number of aromatic amines is 1. The predicted octanol–water partition coefficient (Wildman–Crippen LogP) is 5.34. The number of aliphatic hydroxyl groups excluding tert-OH is 1. The van der Waals surface area contributed by atoms with E-state index in [9.17, 15) is 0 Å². The average Bonchev–Trinajstić information content (AvgIpc) is 3.12. The van der Waals surface area contributed by atoms with Crippen molar-refractivity contribution < 1.29 is 5.11 Å². The van der Waals surface area contributed by atoms with Crippen LogP contribution in [0, 0.1) is 0 Å². The summed E-state index contributed by atoms with van der Waals surface area (Å²) in [6.07, 6.45) is 0.657. The zero-order valence-electron chi connectivity index (χ0n) is 16.0. The zero-order chi connectivity index (χ0) is 20.0. The second-order valence-corrected chi connectivity index (χ2v) is 8.13. The normalized spacial score (nSPS) is 12.4. The van der Waals surface area contributed by atoms with E-state index in [0.717, 1.165) is 53.9 Å². The van der Waals surface area contributed by atoms with Crippen LogP contribution >= 0.6 is 15.9 Å². The van der Waals surface area contributed by atoms with Crippen molar-refractivity contribution in [3.63, 3.8) is 0 Å². The van der Waals surface area contributed by atoms with Crippen molar-refractivity contribution in [1.29, 1.82) is 0 Å². The van der Waals surface area contributed by atoms with Crippen molar-refractivity contribution in [3.05, 3.63) is 82.1 Å². The number of H-pyrrole nitrogens is 1. The van der Waals surface area contributed by atoms with Gasteiger partial charge >= 0.3 is 0 Å². The molecule has 5 heteroatoms. The Labute approximate surface area is 176 Å². The molecule has 5 aromatic rings. The molecule has 0 saturated carbocycles. The molecule has 3 aromatic carbocycles. The van der Waals surface area contributed by atoms with Gasteiger partial charge in [0, 0.05) is 34.4 Å². The van der Waals surface area contributed by atoms with Crippen LogP contribution < -0.4 is 5.36 Å². The first-order chi connectivity index (χ1) is 14.2. The molecule has 0 amide bonds. The van der Waals surface area contributed by atoms with Crippen molar-refractivity contribution in [2.24, 2.45) is 12.0 Å². The summed E-state index contributed by atoms with van der Waals surface area (Å²) in [5, 5.41) is 13.5. The minimum Gasteiger partial charge on any atom is -0.396 e. The van der Waals surface area contributed by atoms with E-state index in [2.05, 4.69) is 68.9 Å². The Morgan fingerprint density at radius 2 is 1.79 bits per heavy atom. The minimum atomic E-state index is 0.153. The standard InChI is InChI=1S/C24H20BrN3O/c1-28-21-11-8-16(25)14-19(21)23(26-17-9-6-15(7-10-17)12-13-29)22-18-4-2-3-5-20(18)27-24(22)28/h2-11,14,27,29H,12-13H2,1H3. The van der Waals surface area contributed by atoms with Gasteiger partial charge in [-0.1, -0.05) is 46.3 Å². The minimum absolute atomic E-state index is 0.153. The zero-order valence-corrected chi connectivity index (χ0v) is 17.6. The molecule has 0 bridgehead atoms. The molecule has 0 aliphatic rings. The monoisotopic (exact) mass is 445 g/mol. The number of hydrogen-bond acceptors (Lipinski definition) is 2. The fraction of sp³-hybridized carbons (Fsp3) is 0.125. The second kappa shape index (κ2) is 7.17. The largest absolute Gasteiger partial charge is 0.396 e. The van der Waals surface area contributed by atoms with Crippen molar-refractivity contribution >= 4 is 54.5 Å². The molecule has 144 valence electrons. The third-order valence-corrected chi connectivity index (χ3v) is 5.90. The van der Waals surface area contributed by atoms with Crippen molar-refractivity contribution in [3.8, 4) is 0 Å². The molecule has 5 rings (SSSR count). The predicted molar refractivity (Wildman–Crippen MR) is 122 cm³/mol. The van der Waals surface area contributed by atoms with E-state index in [-0.39, 0.29) is 6.61 Å². The summed E-state index contributed by atoms with van der Waals surface area (Å²) in [5.74, 6) is 0. The molecule has 4 nitrogen and oxygen atoms in total. The lowest BCUT2D eigenvalue weighted by Gasteiger charge is -2.10. The van der Waals surface area contributed by atoms with Crippen LogP contribution in [0.2, 0.25) is 0 Å². The summed E-state index contributed by atoms with van der Waals surface area (Å²) in [6.45, 7) is 0.153. The van der Waals surface area contributed by atoms with Crippen molar-refractivity contribution in [1.82, 2.24) is 9.55 Å². The van der Waals surface area contributed by atoms with Gasteiger partial charge in [0.05, 0.1) is 21.9 Å². The summed E-state index contributed by atoms with van der Waals surface area (Å²) in [7, 11) is 2.08. The van der Waals surface area contributed by atoms with Gasteiger partial charge < -0.3 is 14.7 Å². The van der Waals surface area contributed by atoms with Gasteiger partial charge in [-0.3, -0.25) is 0 Å². The van der Waals surface area contributed by atoms with Crippen LogP contribution in [0.1, 0.15) is 5.56 Å². The van der Waals surface area contributed by atoms with Gasteiger partial charge in [0.15, 0.2) is 0 Å². The van der Waals surface area contributed by atoms with E-state index in [1.807, 2.05) is 30.3 Å². The highest BCUT2D eigenvalue weighted by atomic mass is 79.9. The van der Waals surface area contributed by atoms with Crippen molar-refractivity contribution in [2.75, 3.05) is 6.61 Å². The second-order valence-electron chi connectivity index (χ2n) is 7.22. The van der Waals surface area contributed by atoms with Gasteiger partial charge in [-0.2, -0.15) is 0 Å². The summed E-state index contributed by atoms with van der Waals surface area (Å²) < 4.78 is 3.22. The van der Waals surface area contributed by atoms with E-state index in [0.29, 0.717) is 6.42 Å². The quantitative estimate of drug-likeness (QED) is 0.386. The number of nitrogens with zero attached hydrogens (tertiary/aromatic N) is 2. The number of aryl methyl sites for hydroxylation is 1. The maximum Gasteiger partial charge on any atom is 0.120 e. The number of fused-ring (bicyclic) bond motifs is 4. The van der Waals surface area contributed by atoms with Crippen LogP contribution in [-0.4, -0.2) is 21.3 Å². The third-order valence-electron chi connectivity index (χ3n) is 5.41. The highest BCUT2D eigenvalue weighted by Crippen LogP contribution is 2.27. The van der Waals surface area contributed by atoms with Gasteiger partial charge in [-0.05, 0) is 48.4 Å². The Hall–Kier alpha value is -2.89. The number of aliphatic hydroxyl groups is 1. The molecule has 2 N–H and O–H groups in total. The van der Waals surface area contributed by atoms with E-state index in [1.165, 1.54) is 0 Å². The van der Waals surface area contributed by atoms with Gasteiger partial charge in [-0.25, -0.2) is 4.99 Å². The number of benzene rings is 3. The summed E-state index contributed by atoms with van der Waals surface area (Å²) in [6, 6.07) is 22.8. The smallest absolute Gasteiger partial charge is 0.120 e. The molecule has 29 heavy (non-hydrogen) atoms. The van der Waals surface area contributed by atoms with Crippen LogP contribution in [0.15, 0.2) is 76.2 Å². The summed E-state index contributed by atoms with van der Waals surface area (Å²) in [4.78, 5) is 8.66. The molecule has 0 unspecified atom stereocenters. The van der Waals surface area contributed by atoms with E-state index in [1.54, 1.807) is 0 Å². The molecule has 0 aliphatic heterocycles. The maximum atomic E-state index is 9.16. The number of pyridine rings is 1. The first-order valence-electron chi connectivity index (χ1n) is 9.59. The highest BCUT2D eigenvalue weighted by Gasteiger charge is 2.13. The van der Waals surface area contributed by atoms with Crippen LogP contribution in [0.4, 0.5) is 5.69 Å². The van der Waals surface area contributed by atoms with Crippen LogP contribution in [0.3, 0.4) is 0 Å². The Morgan fingerprint density at radius 3 is 2.59 bits per heavy atom. The summed E-state index contributed by atoms with van der Waals surface area (Å²) >= 11 is 3.63. The lowest BCUT2D eigenvalue weighted by atomic mass is 10.1.